The molecule has 0 spiro atoms. The van der Waals surface area contributed by atoms with Crippen LogP contribution in [0.3, 0.4) is 0 Å². The fourth-order valence-electron chi connectivity index (χ4n) is 2.68. The van der Waals surface area contributed by atoms with Gasteiger partial charge in [-0.3, -0.25) is 14.2 Å². The molecule has 2 heterocycles. The summed E-state index contributed by atoms with van der Waals surface area (Å²) < 4.78 is 11.3. The Bertz CT molecular complexity index is 661. The van der Waals surface area contributed by atoms with Crippen LogP contribution in [0.5, 0.6) is 0 Å². The van der Waals surface area contributed by atoms with E-state index in [9.17, 15) is 9.00 Å². The van der Waals surface area contributed by atoms with Crippen molar-refractivity contribution >= 4 is 60.6 Å². The first kappa shape index (κ1) is 21.2. The summed E-state index contributed by atoms with van der Waals surface area (Å²) in [4.78, 5) is 15.8. The highest BCUT2D eigenvalue weighted by Gasteiger charge is 2.36. The van der Waals surface area contributed by atoms with Crippen LogP contribution in [0.15, 0.2) is 18.2 Å². The van der Waals surface area contributed by atoms with E-state index in [0.717, 1.165) is 32.1 Å². The van der Waals surface area contributed by atoms with Crippen LogP contribution < -0.4 is 5.48 Å². The molecule has 0 fully saturated rings. The lowest BCUT2D eigenvalue weighted by molar-refractivity contribution is -0.131. The van der Waals surface area contributed by atoms with Crippen molar-refractivity contribution in [1.82, 2.24) is 5.48 Å². The Morgan fingerprint density at radius 3 is 2.80 bits per heavy atom. The van der Waals surface area contributed by atoms with Gasteiger partial charge in [0.05, 0.1) is 4.16 Å². The van der Waals surface area contributed by atoms with Crippen LogP contribution in [-0.4, -0.2) is 30.5 Å². The van der Waals surface area contributed by atoms with E-state index in [2.05, 4.69) is 34.1 Å². The van der Waals surface area contributed by atoms with Crippen LogP contribution in [0.1, 0.15) is 48.8 Å². The summed E-state index contributed by atoms with van der Waals surface area (Å²) in [5.74, 6) is -0.566. The lowest BCUT2D eigenvalue weighted by Crippen LogP contribution is -2.46. The number of alkyl halides is 1. The van der Waals surface area contributed by atoms with Gasteiger partial charge >= 0.3 is 0 Å². The molecule has 1 aliphatic rings. The average molecular weight is 466 g/mol. The number of nitrogens with one attached hydrogen (secondary N) is 1. The predicted octanol–water partition coefficient (Wildman–Crippen LogP) is 4.69. The standard InChI is InChI=1S/C17H24BrNO3S3/c1-17(25(2)22,16(20)19-21)11-5-3-4-6-12-7-8-13(23-12)14-9-10-15(18)24-14/h7-9,15,21H,3-6,10-11H2,1-2H3,(H,19,20). The normalized spacial score (nSPS) is 20.8. The van der Waals surface area contributed by atoms with Gasteiger partial charge in [-0.1, -0.05) is 34.8 Å². The van der Waals surface area contributed by atoms with Crippen molar-refractivity contribution in [2.75, 3.05) is 6.26 Å². The number of halogens is 1. The molecule has 0 saturated heterocycles. The van der Waals surface area contributed by atoms with Gasteiger partial charge in [0.1, 0.15) is 4.75 Å². The fourth-order valence-corrected chi connectivity index (χ4v) is 6.31. The van der Waals surface area contributed by atoms with E-state index in [1.165, 1.54) is 20.9 Å². The average Bonchev–Trinajstić information content (AvgIpc) is 3.22. The predicted molar refractivity (Wildman–Crippen MR) is 112 cm³/mol. The maximum absolute atomic E-state index is 11.8. The SMILES string of the molecule is CS(=O)C(C)(CCCCCc1ccc(C2=CCC(Br)S2)s1)C(=O)NO. The molecule has 3 atom stereocenters. The second kappa shape index (κ2) is 9.69. The third kappa shape index (κ3) is 5.66. The van der Waals surface area contributed by atoms with Gasteiger partial charge < -0.3 is 0 Å². The van der Waals surface area contributed by atoms with Gasteiger partial charge in [-0.2, -0.15) is 0 Å². The highest BCUT2D eigenvalue weighted by molar-refractivity contribution is 9.11. The summed E-state index contributed by atoms with van der Waals surface area (Å²) in [6.45, 7) is 1.64. The molecular formula is C17H24BrNO3S3. The molecule has 0 bridgehead atoms. The highest BCUT2D eigenvalue weighted by Crippen LogP contribution is 2.44. The molecule has 0 aromatic carbocycles. The molecule has 2 N–H and O–H groups in total. The van der Waals surface area contributed by atoms with E-state index in [1.54, 1.807) is 12.4 Å². The van der Waals surface area contributed by atoms with Crippen LogP contribution in [-0.2, 0) is 22.0 Å². The smallest absolute Gasteiger partial charge is 0.261 e. The summed E-state index contributed by atoms with van der Waals surface area (Å²) in [6.07, 6.45) is 9.24. The van der Waals surface area contributed by atoms with Crippen LogP contribution >= 0.6 is 39.0 Å². The third-order valence-electron chi connectivity index (χ3n) is 4.44. The van der Waals surface area contributed by atoms with E-state index >= 15 is 0 Å². The lowest BCUT2D eigenvalue weighted by Gasteiger charge is -2.24. The maximum Gasteiger partial charge on any atom is 0.261 e. The molecular weight excluding hydrogens is 442 g/mol. The number of hydrogen-bond donors (Lipinski definition) is 2. The lowest BCUT2D eigenvalue weighted by atomic mass is 10.0. The van der Waals surface area contributed by atoms with Gasteiger partial charge in [0.25, 0.3) is 5.91 Å². The quantitative estimate of drug-likeness (QED) is 0.240. The van der Waals surface area contributed by atoms with Crippen LogP contribution in [0, 0.1) is 0 Å². The number of thiophene rings is 1. The Kier molecular flexibility index (Phi) is 8.20. The van der Waals surface area contributed by atoms with E-state index in [0.29, 0.717) is 10.6 Å². The fraction of sp³-hybridized carbons (Fsp3) is 0.588. The Labute approximate surface area is 168 Å². The number of hydroxylamine groups is 1. The number of hydrogen-bond acceptors (Lipinski definition) is 5. The first-order valence-corrected chi connectivity index (χ1v) is 12.4. The Balaban J connectivity index is 1.75. The van der Waals surface area contributed by atoms with E-state index in [4.69, 9.17) is 5.21 Å². The minimum absolute atomic E-state index is 0.502. The summed E-state index contributed by atoms with van der Waals surface area (Å²) in [5.41, 5.74) is 1.65. The summed E-state index contributed by atoms with van der Waals surface area (Å²) in [7, 11) is -1.32. The van der Waals surface area contributed by atoms with Crippen LogP contribution in [0.25, 0.3) is 4.91 Å². The summed E-state index contributed by atoms with van der Waals surface area (Å²) in [6, 6.07) is 4.40. The van der Waals surface area contributed by atoms with Gasteiger partial charge in [0.15, 0.2) is 0 Å². The van der Waals surface area contributed by atoms with Crippen molar-refractivity contribution < 1.29 is 14.2 Å². The number of thioether (sulfide) groups is 1. The molecule has 1 aromatic rings. The second-order valence-corrected chi connectivity index (χ2v) is 12.2. The van der Waals surface area contributed by atoms with E-state index in [-0.39, 0.29) is 0 Å². The minimum Gasteiger partial charge on any atom is -0.289 e. The van der Waals surface area contributed by atoms with Gasteiger partial charge in [-0.25, -0.2) is 5.48 Å². The molecule has 3 unspecified atom stereocenters. The zero-order valence-electron chi connectivity index (χ0n) is 14.4. The van der Waals surface area contributed by atoms with E-state index < -0.39 is 21.5 Å². The first-order valence-electron chi connectivity index (χ1n) is 8.25. The van der Waals surface area contributed by atoms with Crippen molar-refractivity contribution in [3.05, 3.63) is 28.0 Å². The number of rotatable bonds is 9. The molecule has 140 valence electrons. The third-order valence-corrected chi connectivity index (χ3v) is 9.43. The molecule has 0 saturated carbocycles. The van der Waals surface area contributed by atoms with Crippen molar-refractivity contribution in [2.24, 2.45) is 0 Å². The van der Waals surface area contributed by atoms with Crippen LogP contribution in [0.4, 0.5) is 0 Å². The number of aryl methyl sites for hydroxylation is 1. The Morgan fingerprint density at radius 1 is 1.44 bits per heavy atom. The number of amides is 1. The molecule has 0 aliphatic carbocycles. The monoisotopic (exact) mass is 465 g/mol. The zero-order chi connectivity index (χ0) is 18.4. The number of carbonyl (C=O) groups is 1. The Morgan fingerprint density at radius 2 is 2.20 bits per heavy atom. The Hall–Kier alpha value is -0.150. The number of carbonyl (C=O) groups excluding carboxylic acids is 1. The van der Waals surface area contributed by atoms with Crippen molar-refractivity contribution in [3.63, 3.8) is 0 Å². The molecule has 1 aliphatic heterocycles. The van der Waals surface area contributed by atoms with Crippen molar-refractivity contribution in [1.29, 1.82) is 0 Å². The maximum atomic E-state index is 11.8. The first-order chi connectivity index (χ1) is 11.9. The number of unbranched alkanes of at least 4 members (excludes halogenated alkanes) is 2. The second-order valence-electron chi connectivity index (χ2n) is 6.28. The summed E-state index contributed by atoms with van der Waals surface area (Å²) >= 11 is 7.36. The minimum atomic E-state index is -1.32. The molecule has 0 radical (unpaired) electrons. The molecule has 1 amide bonds. The van der Waals surface area contributed by atoms with Crippen molar-refractivity contribution in [2.45, 2.75) is 54.4 Å². The highest BCUT2D eigenvalue weighted by atomic mass is 79.9. The molecule has 1 aromatic heterocycles. The summed E-state index contributed by atoms with van der Waals surface area (Å²) in [5, 5.41) is 8.84. The molecule has 4 nitrogen and oxygen atoms in total. The van der Waals surface area contributed by atoms with Gasteiger partial charge in [0, 0.05) is 31.7 Å². The molecule has 8 heteroatoms. The van der Waals surface area contributed by atoms with Crippen LogP contribution in [0.2, 0.25) is 0 Å². The zero-order valence-corrected chi connectivity index (χ0v) is 18.5. The molecule has 2 rings (SSSR count). The van der Waals surface area contributed by atoms with Crippen molar-refractivity contribution in [3.8, 4) is 0 Å². The molecule has 25 heavy (non-hydrogen) atoms. The van der Waals surface area contributed by atoms with Gasteiger partial charge in [-0.05, 0) is 44.7 Å². The largest absolute Gasteiger partial charge is 0.289 e. The number of allylic oxidation sites excluding steroid dienone is 1. The van der Waals surface area contributed by atoms with Gasteiger partial charge in [0.2, 0.25) is 0 Å². The van der Waals surface area contributed by atoms with Gasteiger partial charge in [-0.15, -0.1) is 23.1 Å². The topological polar surface area (TPSA) is 66.4 Å². The van der Waals surface area contributed by atoms with E-state index in [1.807, 2.05) is 23.1 Å².